The zero-order valence-corrected chi connectivity index (χ0v) is 13.5. The van der Waals surface area contributed by atoms with Crippen molar-refractivity contribution in [2.24, 2.45) is 0 Å². The molecule has 0 aliphatic heterocycles. The van der Waals surface area contributed by atoms with Crippen LogP contribution >= 0.6 is 0 Å². The van der Waals surface area contributed by atoms with E-state index in [-0.39, 0.29) is 11.6 Å². The summed E-state index contributed by atoms with van der Waals surface area (Å²) < 4.78 is 5.47. The van der Waals surface area contributed by atoms with Crippen molar-refractivity contribution < 1.29 is 9.53 Å². The molecule has 0 aliphatic carbocycles. The van der Waals surface area contributed by atoms with E-state index in [1.807, 2.05) is 25.1 Å². The summed E-state index contributed by atoms with van der Waals surface area (Å²) in [6, 6.07) is 12.6. The Morgan fingerprint density at radius 3 is 2.68 bits per heavy atom. The highest BCUT2D eigenvalue weighted by Crippen LogP contribution is 2.22. The average Bonchev–Trinajstić information content (AvgIpc) is 3.16. The lowest BCUT2D eigenvalue weighted by atomic mass is 10.2. The van der Waals surface area contributed by atoms with Gasteiger partial charge in [-0.2, -0.15) is 0 Å². The van der Waals surface area contributed by atoms with E-state index in [4.69, 9.17) is 4.74 Å². The van der Waals surface area contributed by atoms with Crippen LogP contribution in [-0.4, -0.2) is 27.5 Å². The van der Waals surface area contributed by atoms with Gasteiger partial charge in [0.15, 0.2) is 0 Å². The summed E-state index contributed by atoms with van der Waals surface area (Å²) in [6.45, 7) is 2.51. The molecular formula is C18H16N4O3. The summed E-state index contributed by atoms with van der Waals surface area (Å²) in [7, 11) is 0. The number of carbonyl (C=O) groups is 1. The van der Waals surface area contributed by atoms with Crippen LogP contribution in [0.4, 0.5) is 5.69 Å². The molecule has 2 heterocycles. The highest BCUT2D eigenvalue weighted by atomic mass is 16.5. The topological polar surface area (TPSA) is 103 Å². The van der Waals surface area contributed by atoms with Crippen LogP contribution < -0.4 is 15.7 Å². The van der Waals surface area contributed by atoms with Crippen molar-refractivity contribution in [2.45, 2.75) is 6.92 Å². The lowest BCUT2D eigenvalue weighted by molar-refractivity contribution is 0.102. The predicted octanol–water partition coefficient (Wildman–Crippen LogP) is 2.99. The van der Waals surface area contributed by atoms with Crippen LogP contribution in [0.5, 0.6) is 5.75 Å². The quantitative estimate of drug-likeness (QED) is 0.460. The van der Waals surface area contributed by atoms with E-state index < -0.39 is 0 Å². The highest BCUT2D eigenvalue weighted by Gasteiger charge is 2.11. The molecule has 0 saturated heterocycles. The summed E-state index contributed by atoms with van der Waals surface area (Å²) in [5.74, 6) is 0.497. The Morgan fingerprint density at radius 2 is 1.84 bits per heavy atom. The summed E-state index contributed by atoms with van der Waals surface area (Å²) in [6.07, 6.45) is 0. The molecule has 7 heteroatoms. The minimum absolute atomic E-state index is 0.258. The number of benzene rings is 2. The summed E-state index contributed by atoms with van der Waals surface area (Å²) in [5, 5.41) is 3.75. The van der Waals surface area contributed by atoms with Crippen LogP contribution in [0.2, 0.25) is 0 Å². The van der Waals surface area contributed by atoms with Gasteiger partial charge < -0.3 is 25.0 Å². The van der Waals surface area contributed by atoms with Crippen molar-refractivity contribution >= 4 is 33.5 Å². The van der Waals surface area contributed by atoms with Crippen molar-refractivity contribution in [1.29, 1.82) is 0 Å². The molecule has 2 aromatic heterocycles. The van der Waals surface area contributed by atoms with Gasteiger partial charge in [0, 0.05) is 22.7 Å². The fraction of sp³-hybridized carbons (Fsp3) is 0.111. The number of fused-ring (bicyclic) bond motifs is 2. The molecule has 0 fully saturated rings. The molecule has 0 spiro atoms. The number of rotatable bonds is 4. The molecule has 25 heavy (non-hydrogen) atoms. The van der Waals surface area contributed by atoms with Crippen LogP contribution in [0, 0.1) is 0 Å². The molecule has 4 N–H and O–H groups in total. The molecule has 1 amide bonds. The Labute approximate surface area is 142 Å². The number of carbonyl (C=O) groups excluding carboxylic acids is 1. The summed E-state index contributed by atoms with van der Waals surface area (Å²) in [5.41, 5.74) is 2.94. The Kier molecular flexibility index (Phi) is 3.53. The third-order valence-corrected chi connectivity index (χ3v) is 3.92. The second-order valence-corrected chi connectivity index (χ2v) is 5.66. The van der Waals surface area contributed by atoms with Crippen LogP contribution in [0.15, 0.2) is 47.3 Å². The number of imidazole rings is 1. The van der Waals surface area contributed by atoms with E-state index in [1.165, 1.54) is 0 Å². The van der Waals surface area contributed by atoms with Gasteiger partial charge in [0.05, 0.1) is 17.6 Å². The van der Waals surface area contributed by atoms with Crippen molar-refractivity contribution in [1.82, 2.24) is 15.0 Å². The van der Waals surface area contributed by atoms with E-state index in [9.17, 15) is 9.59 Å². The monoisotopic (exact) mass is 336 g/mol. The smallest absolute Gasteiger partial charge is 0.323 e. The zero-order valence-electron chi connectivity index (χ0n) is 13.5. The van der Waals surface area contributed by atoms with Crippen LogP contribution in [0.1, 0.15) is 17.4 Å². The first kappa shape index (κ1) is 15.1. The van der Waals surface area contributed by atoms with Gasteiger partial charge in [-0.05, 0) is 43.3 Å². The van der Waals surface area contributed by atoms with Crippen LogP contribution in [0.3, 0.4) is 0 Å². The van der Waals surface area contributed by atoms with Gasteiger partial charge in [-0.1, -0.05) is 0 Å². The van der Waals surface area contributed by atoms with E-state index in [2.05, 4.69) is 20.3 Å². The second kappa shape index (κ2) is 5.86. The van der Waals surface area contributed by atoms with Crippen molar-refractivity contribution in [3.05, 3.63) is 58.6 Å². The molecule has 4 aromatic rings. The molecule has 4 rings (SSSR count). The number of amides is 1. The maximum atomic E-state index is 12.5. The first-order valence-electron chi connectivity index (χ1n) is 7.91. The molecule has 0 aliphatic rings. The molecule has 7 nitrogen and oxygen atoms in total. The van der Waals surface area contributed by atoms with Gasteiger partial charge in [0.2, 0.25) is 0 Å². The number of aromatic nitrogens is 3. The normalized spacial score (nSPS) is 11.1. The molecular weight excluding hydrogens is 320 g/mol. The van der Waals surface area contributed by atoms with Crippen LogP contribution in [-0.2, 0) is 0 Å². The van der Waals surface area contributed by atoms with Crippen molar-refractivity contribution in [3.8, 4) is 5.75 Å². The minimum Gasteiger partial charge on any atom is -0.494 e. The largest absolute Gasteiger partial charge is 0.494 e. The Bertz CT molecular complexity index is 1140. The first-order valence-corrected chi connectivity index (χ1v) is 7.91. The number of aromatic amines is 3. The number of ether oxygens (including phenoxy) is 1. The van der Waals surface area contributed by atoms with Gasteiger partial charge in [0.1, 0.15) is 11.4 Å². The van der Waals surface area contributed by atoms with Crippen molar-refractivity contribution in [3.63, 3.8) is 0 Å². The number of H-pyrrole nitrogens is 3. The molecule has 0 atom stereocenters. The molecule has 2 aromatic carbocycles. The third kappa shape index (κ3) is 2.87. The maximum absolute atomic E-state index is 12.5. The molecule has 0 saturated carbocycles. The lowest BCUT2D eigenvalue weighted by Crippen LogP contribution is -2.12. The highest BCUT2D eigenvalue weighted by molar-refractivity contribution is 6.06. The summed E-state index contributed by atoms with van der Waals surface area (Å²) in [4.78, 5) is 32.2. The second-order valence-electron chi connectivity index (χ2n) is 5.66. The van der Waals surface area contributed by atoms with E-state index >= 15 is 0 Å². The lowest BCUT2D eigenvalue weighted by Gasteiger charge is -2.03. The fourth-order valence-electron chi connectivity index (χ4n) is 2.79. The molecule has 0 radical (unpaired) electrons. The zero-order chi connectivity index (χ0) is 17.4. The Morgan fingerprint density at radius 1 is 1.00 bits per heavy atom. The van der Waals surface area contributed by atoms with Gasteiger partial charge in [-0.25, -0.2) is 4.79 Å². The fourth-order valence-corrected chi connectivity index (χ4v) is 2.79. The third-order valence-electron chi connectivity index (χ3n) is 3.92. The average molecular weight is 336 g/mol. The molecule has 0 bridgehead atoms. The maximum Gasteiger partial charge on any atom is 0.323 e. The van der Waals surface area contributed by atoms with Gasteiger partial charge in [0.25, 0.3) is 5.91 Å². The van der Waals surface area contributed by atoms with Gasteiger partial charge in [-0.15, -0.1) is 0 Å². The van der Waals surface area contributed by atoms with Gasteiger partial charge in [-0.3, -0.25) is 4.79 Å². The van der Waals surface area contributed by atoms with E-state index in [1.54, 1.807) is 24.3 Å². The standard InChI is InChI=1S/C18H16N4O3/c1-2-25-12-5-3-10-7-16(20-14(10)9-12)17(23)19-11-4-6-13-15(8-11)22-18(24)21-13/h3-9,20H,2H2,1H3,(H,19,23)(H2,21,22,24). The molecule has 0 unspecified atom stereocenters. The Balaban J connectivity index is 1.60. The Hall–Kier alpha value is -3.48. The SMILES string of the molecule is CCOc1ccc2cc(C(=O)Nc3ccc4[nH]c(=O)[nH]c4c3)[nH]c2c1. The minimum atomic E-state index is -0.279. The van der Waals surface area contributed by atoms with E-state index in [0.717, 1.165) is 16.7 Å². The van der Waals surface area contributed by atoms with Crippen LogP contribution in [0.25, 0.3) is 21.9 Å². The number of hydrogen-bond donors (Lipinski definition) is 4. The number of nitrogens with one attached hydrogen (secondary N) is 4. The predicted molar refractivity (Wildman–Crippen MR) is 96.3 cm³/mol. The number of hydrogen-bond acceptors (Lipinski definition) is 3. The van der Waals surface area contributed by atoms with Gasteiger partial charge >= 0.3 is 5.69 Å². The van der Waals surface area contributed by atoms with Crippen molar-refractivity contribution in [2.75, 3.05) is 11.9 Å². The molecule has 126 valence electrons. The van der Waals surface area contributed by atoms with E-state index in [0.29, 0.717) is 29.0 Å². The summed E-state index contributed by atoms with van der Waals surface area (Å²) >= 11 is 0. The number of anilines is 1. The first-order chi connectivity index (χ1) is 12.1.